The van der Waals surface area contributed by atoms with Gasteiger partial charge in [-0.1, -0.05) is 0 Å². The maximum atomic E-state index is 13.1. The monoisotopic (exact) mass is 374 g/mol. The van der Waals surface area contributed by atoms with Crippen molar-refractivity contribution in [3.63, 3.8) is 0 Å². The van der Waals surface area contributed by atoms with Crippen molar-refractivity contribution >= 4 is 15.5 Å². The highest BCUT2D eigenvalue weighted by molar-refractivity contribution is 7.91. The van der Waals surface area contributed by atoms with Crippen molar-refractivity contribution in [3.8, 4) is 0 Å². The number of fused-ring (bicyclic) bond motifs is 3. The molecule has 0 saturated carbocycles. The summed E-state index contributed by atoms with van der Waals surface area (Å²) in [5.41, 5.74) is 2.23. The number of halogens is 1. The second kappa shape index (κ2) is 6.35. The van der Waals surface area contributed by atoms with Crippen LogP contribution in [-0.4, -0.2) is 34.1 Å². The molecule has 0 radical (unpaired) electrons. The van der Waals surface area contributed by atoms with Crippen LogP contribution >= 0.6 is 0 Å². The van der Waals surface area contributed by atoms with Gasteiger partial charge < -0.3 is 10.2 Å². The van der Waals surface area contributed by atoms with Crippen LogP contribution in [0, 0.1) is 5.82 Å². The van der Waals surface area contributed by atoms with E-state index in [0.29, 0.717) is 18.0 Å². The number of sulfone groups is 1. The largest absolute Gasteiger partial charge is 0.371 e. The van der Waals surface area contributed by atoms with E-state index in [2.05, 4.69) is 24.2 Å². The van der Waals surface area contributed by atoms with E-state index in [1.165, 1.54) is 24.3 Å². The summed E-state index contributed by atoms with van der Waals surface area (Å²) in [6.07, 6.45) is 2.03. The van der Waals surface area contributed by atoms with Gasteiger partial charge in [-0.3, -0.25) is 0 Å². The molecule has 2 aromatic rings. The topological polar surface area (TPSA) is 49.4 Å². The number of benzene rings is 2. The Morgan fingerprint density at radius 3 is 2.54 bits per heavy atom. The molecule has 2 heterocycles. The Balaban J connectivity index is 1.75. The van der Waals surface area contributed by atoms with Gasteiger partial charge in [0.15, 0.2) is 0 Å². The van der Waals surface area contributed by atoms with Crippen LogP contribution in [0.15, 0.2) is 52.3 Å². The fraction of sp³-hybridized carbons (Fsp3) is 0.400. The summed E-state index contributed by atoms with van der Waals surface area (Å²) in [6.45, 7) is 3.13. The molecule has 138 valence electrons. The van der Waals surface area contributed by atoms with Crippen molar-refractivity contribution in [1.29, 1.82) is 0 Å². The standard InChI is InChI=1S/C20H23FN2O2S/c1-13-11-20-17(9-10-22-13)18-12-16(7-8-19(18)23(20)2)26(24,25)15-5-3-14(21)4-6-15/h3-8,12-13,17,20,22H,9-11H2,1-2H3/t13?,17-,20+/m1/s1. The second-order valence-electron chi connectivity index (χ2n) is 7.34. The van der Waals surface area contributed by atoms with Crippen molar-refractivity contribution < 1.29 is 12.8 Å². The molecule has 2 aliphatic rings. The van der Waals surface area contributed by atoms with Crippen LogP contribution in [0.4, 0.5) is 10.1 Å². The molecule has 1 saturated heterocycles. The first-order chi connectivity index (χ1) is 12.4. The van der Waals surface area contributed by atoms with Crippen molar-refractivity contribution in [1.82, 2.24) is 5.32 Å². The summed E-state index contributed by atoms with van der Waals surface area (Å²) in [5, 5.41) is 3.52. The fourth-order valence-corrected chi connectivity index (χ4v) is 5.62. The van der Waals surface area contributed by atoms with E-state index in [1.54, 1.807) is 6.07 Å². The average molecular weight is 374 g/mol. The molecule has 1 N–H and O–H groups in total. The average Bonchev–Trinajstić information content (AvgIpc) is 2.76. The number of hydrogen-bond donors (Lipinski definition) is 1. The molecule has 6 heteroatoms. The molecule has 3 atom stereocenters. The minimum atomic E-state index is -3.65. The Morgan fingerprint density at radius 2 is 1.81 bits per heavy atom. The lowest BCUT2D eigenvalue weighted by atomic mass is 9.90. The predicted octanol–water partition coefficient (Wildman–Crippen LogP) is 3.33. The molecule has 0 aromatic heterocycles. The first-order valence-corrected chi connectivity index (χ1v) is 10.5. The third-order valence-electron chi connectivity index (χ3n) is 5.72. The lowest BCUT2D eigenvalue weighted by molar-refractivity contribution is 0.487. The maximum Gasteiger partial charge on any atom is 0.206 e. The minimum Gasteiger partial charge on any atom is -0.371 e. The second-order valence-corrected chi connectivity index (χ2v) is 9.29. The van der Waals surface area contributed by atoms with Crippen molar-refractivity contribution in [3.05, 3.63) is 53.8 Å². The van der Waals surface area contributed by atoms with Crippen LogP contribution in [0.3, 0.4) is 0 Å². The molecular formula is C20H23FN2O2S. The molecule has 2 aliphatic heterocycles. The van der Waals surface area contributed by atoms with Crippen molar-refractivity contribution in [2.24, 2.45) is 0 Å². The Morgan fingerprint density at radius 1 is 1.12 bits per heavy atom. The van der Waals surface area contributed by atoms with Gasteiger partial charge in [0.25, 0.3) is 0 Å². The maximum absolute atomic E-state index is 13.1. The van der Waals surface area contributed by atoms with E-state index >= 15 is 0 Å². The quantitative estimate of drug-likeness (QED) is 0.819. The smallest absolute Gasteiger partial charge is 0.206 e. The molecule has 1 unspecified atom stereocenters. The zero-order chi connectivity index (χ0) is 18.5. The first-order valence-electron chi connectivity index (χ1n) is 8.99. The van der Waals surface area contributed by atoms with E-state index in [-0.39, 0.29) is 9.79 Å². The highest BCUT2D eigenvalue weighted by atomic mass is 32.2. The fourth-order valence-electron chi connectivity index (χ4n) is 4.32. The van der Waals surface area contributed by atoms with Crippen molar-refractivity contribution in [2.75, 3.05) is 18.5 Å². The Bertz CT molecular complexity index is 927. The molecule has 26 heavy (non-hydrogen) atoms. The summed E-state index contributed by atoms with van der Waals surface area (Å²) in [4.78, 5) is 2.69. The summed E-state index contributed by atoms with van der Waals surface area (Å²) in [5.74, 6) is -0.113. The molecule has 1 fully saturated rings. The SMILES string of the molecule is CC1C[C@H]2[C@H](CCN1)c1cc(S(=O)(=O)c3ccc(F)cc3)ccc1N2C. The molecular weight excluding hydrogens is 351 g/mol. The molecule has 4 rings (SSSR count). The summed E-state index contributed by atoms with van der Waals surface area (Å²) >= 11 is 0. The summed E-state index contributed by atoms with van der Waals surface area (Å²) < 4.78 is 39.1. The Kier molecular flexibility index (Phi) is 4.28. The lowest BCUT2D eigenvalue weighted by Gasteiger charge is -2.26. The predicted molar refractivity (Wildman–Crippen MR) is 99.9 cm³/mol. The minimum absolute atomic E-state index is 0.123. The summed E-state index contributed by atoms with van der Waals surface area (Å²) in [7, 11) is -1.56. The zero-order valence-electron chi connectivity index (χ0n) is 14.9. The van der Waals surface area contributed by atoms with Gasteiger partial charge in [0, 0.05) is 30.7 Å². The molecule has 4 nitrogen and oxygen atoms in total. The number of hydrogen-bond acceptors (Lipinski definition) is 4. The molecule has 0 spiro atoms. The normalized spacial score (nSPS) is 25.5. The summed E-state index contributed by atoms with van der Waals surface area (Å²) in [6, 6.07) is 11.3. The Labute approximate surface area is 153 Å². The number of anilines is 1. The van der Waals surface area contributed by atoms with Crippen LogP contribution in [0.1, 0.15) is 31.2 Å². The van der Waals surface area contributed by atoms with Gasteiger partial charge >= 0.3 is 0 Å². The van der Waals surface area contributed by atoms with Crippen LogP contribution in [0.5, 0.6) is 0 Å². The zero-order valence-corrected chi connectivity index (χ0v) is 15.8. The number of nitrogens with one attached hydrogen (secondary N) is 1. The van der Waals surface area contributed by atoms with Crippen LogP contribution in [0.25, 0.3) is 0 Å². The molecule has 0 amide bonds. The van der Waals surface area contributed by atoms with E-state index in [9.17, 15) is 12.8 Å². The molecule has 0 bridgehead atoms. The van der Waals surface area contributed by atoms with E-state index in [0.717, 1.165) is 30.6 Å². The van der Waals surface area contributed by atoms with Crippen molar-refractivity contribution in [2.45, 2.75) is 47.6 Å². The van der Waals surface area contributed by atoms with E-state index < -0.39 is 15.7 Å². The molecule has 0 aliphatic carbocycles. The van der Waals surface area contributed by atoms with Gasteiger partial charge in [-0.05, 0) is 74.3 Å². The third kappa shape index (κ3) is 2.81. The highest BCUT2D eigenvalue weighted by Gasteiger charge is 2.39. The van der Waals surface area contributed by atoms with Gasteiger partial charge in [-0.15, -0.1) is 0 Å². The van der Waals surface area contributed by atoms with Gasteiger partial charge in [0.05, 0.1) is 9.79 Å². The Hall–Kier alpha value is -1.92. The number of rotatable bonds is 2. The van der Waals surface area contributed by atoms with Crippen LogP contribution in [0.2, 0.25) is 0 Å². The van der Waals surface area contributed by atoms with E-state index in [1.807, 2.05) is 12.1 Å². The van der Waals surface area contributed by atoms with E-state index in [4.69, 9.17) is 0 Å². The number of likely N-dealkylation sites (N-methyl/N-ethyl adjacent to an activating group) is 1. The van der Waals surface area contributed by atoms with Crippen LogP contribution in [-0.2, 0) is 9.84 Å². The van der Waals surface area contributed by atoms with Gasteiger partial charge in [-0.25, -0.2) is 12.8 Å². The highest BCUT2D eigenvalue weighted by Crippen LogP contribution is 2.45. The molecule has 2 aromatic carbocycles. The van der Waals surface area contributed by atoms with Crippen LogP contribution < -0.4 is 10.2 Å². The number of nitrogens with zero attached hydrogens (tertiary/aromatic N) is 1. The third-order valence-corrected chi connectivity index (χ3v) is 7.49. The lowest BCUT2D eigenvalue weighted by Crippen LogP contribution is -2.34. The first kappa shape index (κ1) is 17.5. The van der Waals surface area contributed by atoms with Gasteiger partial charge in [0.2, 0.25) is 9.84 Å². The van der Waals surface area contributed by atoms with Gasteiger partial charge in [0.1, 0.15) is 5.82 Å². The van der Waals surface area contributed by atoms with Gasteiger partial charge in [-0.2, -0.15) is 0 Å².